The van der Waals surface area contributed by atoms with E-state index in [1.165, 1.54) is 31.7 Å². The molecule has 2 heteroatoms. The molecule has 1 N–H and O–H groups in total. The van der Waals surface area contributed by atoms with Gasteiger partial charge >= 0.3 is 0 Å². The van der Waals surface area contributed by atoms with Crippen LogP contribution in [0.15, 0.2) is 18.2 Å². The van der Waals surface area contributed by atoms with Crippen molar-refractivity contribution in [3.05, 3.63) is 29.6 Å². The van der Waals surface area contributed by atoms with Crippen LogP contribution in [0.25, 0.3) is 0 Å². The molecule has 0 aliphatic heterocycles. The first kappa shape index (κ1) is 11.1. The van der Waals surface area contributed by atoms with E-state index in [-0.39, 0.29) is 5.82 Å². The van der Waals surface area contributed by atoms with Crippen LogP contribution >= 0.6 is 0 Å². The number of anilines is 1. The topological polar surface area (TPSA) is 12.0 Å². The lowest BCUT2D eigenvalue weighted by molar-refractivity contribution is 0.348. The normalized spacial score (nSPS) is 30.8. The molecule has 3 unspecified atom stereocenters. The Balaban J connectivity index is 1.62. The Morgan fingerprint density at radius 2 is 2.18 bits per heavy atom. The average Bonchev–Trinajstić information content (AvgIpc) is 2.93. The number of rotatable bonds is 3. The van der Waals surface area contributed by atoms with Crippen LogP contribution in [-0.4, -0.2) is 6.54 Å². The van der Waals surface area contributed by atoms with Gasteiger partial charge in [-0.25, -0.2) is 4.39 Å². The van der Waals surface area contributed by atoms with Gasteiger partial charge in [0.1, 0.15) is 5.82 Å². The zero-order valence-electron chi connectivity index (χ0n) is 10.4. The molecule has 2 aliphatic rings. The van der Waals surface area contributed by atoms with Gasteiger partial charge in [0.05, 0.1) is 0 Å². The van der Waals surface area contributed by atoms with Gasteiger partial charge in [-0.2, -0.15) is 0 Å². The molecule has 0 amide bonds. The molecule has 0 spiro atoms. The summed E-state index contributed by atoms with van der Waals surface area (Å²) in [6, 6.07) is 5.29. The predicted octanol–water partition coefficient (Wildman–Crippen LogP) is 3.98. The van der Waals surface area contributed by atoms with Gasteiger partial charge < -0.3 is 5.32 Å². The molecule has 0 radical (unpaired) electrons. The van der Waals surface area contributed by atoms with Crippen molar-refractivity contribution in [3.8, 4) is 0 Å². The molecule has 1 nitrogen and oxygen atoms in total. The predicted molar refractivity (Wildman–Crippen MR) is 68.6 cm³/mol. The quantitative estimate of drug-likeness (QED) is 0.832. The van der Waals surface area contributed by atoms with E-state index in [0.717, 1.165) is 35.5 Å². The van der Waals surface area contributed by atoms with Crippen LogP contribution < -0.4 is 5.32 Å². The van der Waals surface area contributed by atoms with Crippen molar-refractivity contribution in [2.24, 2.45) is 17.8 Å². The van der Waals surface area contributed by atoms with Gasteiger partial charge in [0.25, 0.3) is 0 Å². The Hall–Kier alpha value is -1.05. The fraction of sp³-hybridized carbons (Fsp3) is 0.600. The fourth-order valence-corrected chi connectivity index (χ4v) is 3.67. The standard InChI is InChI=1S/C15H20FN/c1-10-14(16)3-2-4-15(10)17-9-13-8-11-5-6-12(13)7-11/h2-4,11-13,17H,5-9H2,1H3. The molecule has 0 heterocycles. The summed E-state index contributed by atoms with van der Waals surface area (Å²) in [5.74, 6) is 2.63. The third-order valence-corrected chi connectivity index (χ3v) is 4.71. The Kier molecular flexibility index (Phi) is 2.81. The summed E-state index contributed by atoms with van der Waals surface area (Å²) in [5.41, 5.74) is 1.71. The molecule has 2 fully saturated rings. The maximum atomic E-state index is 13.4. The van der Waals surface area contributed by atoms with Crippen molar-refractivity contribution < 1.29 is 4.39 Å². The summed E-state index contributed by atoms with van der Waals surface area (Å²) in [4.78, 5) is 0. The highest BCUT2D eigenvalue weighted by Crippen LogP contribution is 2.48. The minimum atomic E-state index is -0.108. The maximum Gasteiger partial charge on any atom is 0.128 e. The summed E-state index contributed by atoms with van der Waals surface area (Å²) in [6.07, 6.45) is 5.68. The number of fused-ring (bicyclic) bond motifs is 2. The maximum absolute atomic E-state index is 13.4. The molecule has 0 aromatic heterocycles. The van der Waals surface area contributed by atoms with Crippen molar-refractivity contribution in [2.75, 3.05) is 11.9 Å². The highest BCUT2D eigenvalue weighted by Gasteiger charge is 2.39. The van der Waals surface area contributed by atoms with Gasteiger partial charge in [-0.05, 0) is 56.1 Å². The summed E-state index contributed by atoms with van der Waals surface area (Å²) < 4.78 is 13.4. The van der Waals surface area contributed by atoms with E-state index in [9.17, 15) is 4.39 Å². The van der Waals surface area contributed by atoms with E-state index in [0.29, 0.717) is 0 Å². The van der Waals surface area contributed by atoms with E-state index in [4.69, 9.17) is 0 Å². The van der Waals surface area contributed by atoms with E-state index >= 15 is 0 Å². The lowest BCUT2D eigenvalue weighted by atomic mass is 9.89. The third kappa shape index (κ3) is 2.05. The van der Waals surface area contributed by atoms with Crippen molar-refractivity contribution in [3.63, 3.8) is 0 Å². The van der Waals surface area contributed by atoms with Gasteiger partial charge in [0, 0.05) is 17.8 Å². The molecule has 17 heavy (non-hydrogen) atoms. The summed E-state index contributed by atoms with van der Waals surface area (Å²) in [5, 5.41) is 3.44. The molecule has 2 bridgehead atoms. The Morgan fingerprint density at radius 1 is 1.29 bits per heavy atom. The molecule has 1 aromatic rings. The zero-order valence-corrected chi connectivity index (χ0v) is 10.4. The molecule has 2 saturated carbocycles. The van der Waals surface area contributed by atoms with Crippen molar-refractivity contribution in [2.45, 2.75) is 32.6 Å². The highest BCUT2D eigenvalue weighted by atomic mass is 19.1. The molecule has 92 valence electrons. The second kappa shape index (κ2) is 4.32. The van der Waals surface area contributed by atoms with Gasteiger partial charge in [-0.3, -0.25) is 0 Å². The van der Waals surface area contributed by atoms with Gasteiger partial charge in [-0.15, -0.1) is 0 Å². The van der Waals surface area contributed by atoms with Crippen molar-refractivity contribution in [1.82, 2.24) is 0 Å². The smallest absolute Gasteiger partial charge is 0.128 e. The van der Waals surface area contributed by atoms with E-state index in [1.54, 1.807) is 6.07 Å². The van der Waals surface area contributed by atoms with Gasteiger partial charge in [-0.1, -0.05) is 12.5 Å². The first-order valence-corrected chi connectivity index (χ1v) is 6.73. The molecule has 3 rings (SSSR count). The largest absolute Gasteiger partial charge is 0.384 e. The SMILES string of the molecule is Cc1c(F)cccc1NCC1CC2CCC1C2. The number of halogens is 1. The zero-order chi connectivity index (χ0) is 11.8. The number of nitrogens with one attached hydrogen (secondary N) is 1. The number of benzene rings is 1. The lowest BCUT2D eigenvalue weighted by Crippen LogP contribution is -2.20. The molecular weight excluding hydrogens is 213 g/mol. The van der Waals surface area contributed by atoms with Gasteiger partial charge in [0.2, 0.25) is 0 Å². The first-order valence-electron chi connectivity index (χ1n) is 6.73. The molecular formula is C15H20FN. The monoisotopic (exact) mass is 233 g/mol. The Labute approximate surface area is 102 Å². The van der Waals surface area contributed by atoms with Crippen molar-refractivity contribution in [1.29, 1.82) is 0 Å². The van der Waals surface area contributed by atoms with Crippen LogP contribution in [-0.2, 0) is 0 Å². The first-order chi connectivity index (χ1) is 8.24. The summed E-state index contributed by atoms with van der Waals surface area (Å²) >= 11 is 0. The van der Waals surface area contributed by atoms with Crippen LogP contribution in [0, 0.1) is 30.5 Å². The average molecular weight is 233 g/mol. The Morgan fingerprint density at radius 3 is 2.88 bits per heavy atom. The van der Waals surface area contributed by atoms with Gasteiger partial charge in [0.15, 0.2) is 0 Å². The molecule has 3 atom stereocenters. The van der Waals surface area contributed by atoms with E-state index in [2.05, 4.69) is 5.32 Å². The second-order valence-corrected chi connectivity index (χ2v) is 5.73. The van der Waals surface area contributed by atoms with Crippen LogP contribution in [0.4, 0.5) is 10.1 Å². The molecule has 0 saturated heterocycles. The van der Waals surface area contributed by atoms with Crippen LogP contribution in [0.5, 0.6) is 0 Å². The summed E-state index contributed by atoms with van der Waals surface area (Å²) in [7, 11) is 0. The van der Waals surface area contributed by atoms with E-state index < -0.39 is 0 Å². The third-order valence-electron chi connectivity index (χ3n) is 4.71. The lowest BCUT2D eigenvalue weighted by Gasteiger charge is -2.23. The fourth-order valence-electron chi connectivity index (χ4n) is 3.67. The molecule has 1 aromatic carbocycles. The van der Waals surface area contributed by atoms with Crippen molar-refractivity contribution >= 4 is 5.69 Å². The highest BCUT2D eigenvalue weighted by molar-refractivity contribution is 5.50. The van der Waals surface area contributed by atoms with E-state index in [1.807, 2.05) is 13.0 Å². The number of hydrogen-bond acceptors (Lipinski definition) is 1. The van der Waals surface area contributed by atoms with Crippen LogP contribution in [0.1, 0.15) is 31.2 Å². The summed E-state index contributed by atoms with van der Waals surface area (Å²) in [6.45, 7) is 2.87. The minimum absolute atomic E-state index is 0.108. The molecule has 2 aliphatic carbocycles. The second-order valence-electron chi connectivity index (χ2n) is 5.73. The number of hydrogen-bond donors (Lipinski definition) is 1. The van der Waals surface area contributed by atoms with Crippen LogP contribution in [0.3, 0.4) is 0 Å². The minimum Gasteiger partial charge on any atom is -0.384 e. The van der Waals surface area contributed by atoms with Crippen LogP contribution in [0.2, 0.25) is 0 Å². The Bertz CT molecular complexity index is 415.